The van der Waals surface area contributed by atoms with E-state index in [2.05, 4.69) is 41.8 Å². The summed E-state index contributed by atoms with van der Waals surface area (Å²) in [6.07, 6.45) is 1.87. The van der Waals surface area contributed by atoms with Gasteiger partial charge in [0.1, 0.15) is 0 Å². The predicted octanol–water partition coefficient (Wildman–Crippen LogP) is 2.58. The summed E-state index contributed by atoms with van der Waals surface area (Å²) < 4.78 is 2.04. The van der Waals surface area contributed by atoms with Crippen LogP contribution in [0.2, 0.25) is 0 Å². The van der Waals surface area contributed by atoms with Gasteiger partial charge < -0.3 is 5.32 Å². The first-order chi connectivity index (χ1) is 7.77. The Labute approximate surface area is 100 Å². The molecule has 0 radical (unpaired) electrons. The minimum atomic E-state index is 0.252. The molecule has 4 heteroatoms. The van der Waals surface area contributed by atoms with Crippen molar-refractivity contribution >= 4 is 11.3 Å². The average molecular weight is 235 g/mol. The summed E-state index contributed by atoms with van der Waals surface area (Å²) >= 11 is 1.80. The Morgan fingerprint density at radius 2 is 2.31 bits per heavy atom. The third kappa shape index (κ3) is 1.90. The molecule has 0 saturated carbocycles. The number of rotatable bonds is 4. The van der Waals surface area contributed by atoms with Crippen molar-refractivity contribution in [3.05, 3.63) is 39.8 Å². The Balaban J connectivity index is 2.40. The van der Waals surface area contributed by atoms with Crippen molar-refractivity contribution in [3.63, 3.8) is 0 Å². The van der Waals surface area contributed by atoms with Crippen LogP contribution >= 0.6 is 11.3 Å². The molecule has 0 aliphatic carbocycles. The summed E-state index contributed by atoms with van der Waals surface area (Å²) in [5.41, 5.74) is 2.57. The Morgan fingerprint density at radius 1 is 1.50 bits per heavy atom. The van der Waals surface area contributed by atoms with Crippen LogP contribution in [0.5, 0.6) is 0 Å². The van der Waals surface area contributed by atoms with Gasteiger partial charge in [0.25, 0.3) is 0 Å². The van der Waals surface area contributed by atoms with E-state index < -0.39 is 0 Å². The second-order valence-electron chi connectivity index (χ2n) is 3.76. The molecule has 0 saturated heterocycles. The normalized spacial score (nSPS) is 12.9. The molecule has 1 N–H and O–H groups in total. The number of hydrogen-bond donors (Lipinski definition) is 1. The third-order valence-electron chi connectivity index (χ3n) is 2.80. The molecule has 0 spiro atoms. The first-order valence-electron chi connectivity index (χ1n) is 5.51. The number of aryl methyl sites for hydroxylation is 2. The maximum absolute atomic E-state index is 4.32. The van der Waals surface area contributed by atoms with Crippen molar-refractivity contribution in [1.29, 1.82) is 0 Å². The molecule has 0 amide bonds. The molecule has 0 aromatic carbocycles. The molecule has 0 fully saturated rings. The van der Waals surface area contributed by atoms with E-state index in [1.165, 1.54) is 16.1 Å². The number of thiophene rings is 1. The summed E-state index contributed by atoms with van der Waals surface area (Å²) in [5.74, 6) is 0. The Hall–Kier alpha value is -1.13. The highest BCUT2D eigenvalue weighted by molar-refractivity contribution is 7.10. The lowest BCUT2D eigenvalue weighted by atomic mass is 10.1. The summed E-state index contributed by atoms with van der Waals surface area (Å²) in [6.45, 7) is 5.18. The van der Waals surface area contributed by atoms with Crippen LogP contribution in [-0.2, 0) is 6.54 Å². The number of aromatic nitrogens is 2. The molecule has 2 aromatic rings. The topological polar surface area (TPSA) is 29.9 Å². The molecule has 3 nitrogen and oxygen atoms in total. The zero-order valence-corrected chi connectivity index (χ0v) is 10.7. The quantitative estimate of drug-likeness (QED) is 0.882. The zero-order chi connectivity index (χ0) is 11.5. The van der Waals surface area contributed by atoms with Crippen LogP contribution in [0.25, 0.3) is 0 Å². The molecule has 0 aliphatic heterocycles. The van der Waals surface area contributed by atoms with Gasteiger partial charge in [-0.25, -0.2) is 0 Å². The highest BCUT2D eigenvalue weighted by Crippen LogP contribution is 2.28. The van der Waals surface area contributed by atoms with E-state index in [-0.39, 0.29) is 6.04 Å². The molecule has 86 valence electrons. The molecule has 1 atom stereocenters. The van der Waals surface area contributed by atoms with E-state index in [1.807, 2.05) is 17.9 Å². The largest absolute Gasteiger partial charge is 0.307 e. The molecular formula is C12H17N3S. The first kappa shape index (κ1) is 11.4. The minimum Gasteiger partial charge on any atom is -0.307 e. The summed E-state index contributed by atoms with van der Waals surface area (Å²) in [6, 6.07) is 4.50. The Bertz CT molecular complexity index is 458. The number of nitrogens with one attached hydrogen (secondary N) is 1. The van der Waals surface area contributed by atoms with Crippen LogP contribution in [0.15, 0.2) is 23.7 Å². The van der Waals surface area contributed by atoms with Crippen LogP contribution in [0, 0.1) is 6.92 Å². The summed E-state index contributed by atoms with van der Waals surface area (Å²) in [4.78, 5) is 1.37. The molecule has 1 unspecified atom stereocenters. The monoisotopic (exact) mass is 235 g/mol. The van der Waals surface area contributed by atoms with Crippen LogP contribution in [0.1, 0.15) is 29.1 Å². The Kier molecular flexibility index (Phi) is 3.41. The van der Waals surface area contributed by atoms with E-state index in [0.29, 0.717) is 0 Å². The standard InChI is InChI=1S/C12H17N3S/c1-4-15-10(5-7-14-15)11(13-3)12-9(2)6-8-16-12/h5-8,11,13H,4H2,1-3H3. The van der Waals surface area contributed by atoms with Crippen molar-refractivity contribution in [1.82, 2.24) is 15.1 Å². The Morgan fingerprint density at radius 3 is 2.88 bits per heavy atom. The van der Waals surface area contributed by atoms with Crippen molar-refractivity contribution < 1.29 is 0 Å². The number of hydrogen-bond acceptors (Lipinski definition) is 3. The van der Waals surface area contributed by atoms with Gasteiger partial charge in [-0.05, 0) is 44.0 Å². The predicted molar refractivity (Wildman–Crippen MR) is 67.9 cm³/mol. The van der Waals surface area contributed by atoms with Gasteiger partial charge in [0.05, 0.1) is 11.7 Å². The van der Waals surface area contributed by atoms with Gasteiger partial charge >= 0.3 is 0 Å². The molecule has 0 aliphatic rings. The SMILES string of the molecule is CCn1nccc1C(NC)c1sccc1C. The maximum Gasteiger partial charge on any atom is 0.0842 e. The van der Waals surface area contributed by atoms with Gasteiger partial charge in [0.15, 0.2) is 0 Å². The van der Waals surface area contributed by atoms with Crippen LogP contribution in [-0.4, -0.2) is 16.8 Å². The van der Waals surface area contributed by atoms with Gasteiger partial charge in [-0.3, -0.25) is 4.68 Å². The van der Waals surface area contributed by atoms with Crippen molar-refractivity contribution in [3.8, 4) is 0 Å². The molecule has 0 bridgehead atoms. The first-order valence-corrected chi connectivity index (χ1v) is 6.38. The third-order valence-corrected chi connectivity index (χ3v) is 3.88. The van der Waals surface area contributed by atoms with Crippen molar-refractivity contribution in [2.75, 3.05) is 7.05 Å². The zero-order valence-electron chi connectivity index (χ0n) is 9.90. The van der Waals surface area contributed by atoms with Crippen molar-refractivity contribution in [2.45, 2.75) is 26.4 Å². The molecule has 16 heavy (non-hydrogen) atoms. The van der Waals surface area contributed by atoms with Gasteiger partial charge in [0.2, 0.25) is 0 Å². The van der Waals surface area contributed by atoms with E-state index >= 15 is 0 Å². The lowest BCUT2D eigenvalue weighted by Crippen LogP contribution is -2.21. The van der Waals surface area contributed by atoms with Crippen LogP contribution in [0.3, 0.4) is 0 Å². The summed E-state index contributed by atoms with van der Waals surface area (Å²) in [7, 11) is 2.00. The molecule has 2 rings (SSSR count). The van der Waals surface area contributed by atoms with Gasteiger partial charge in [-0.15, -0.1) is 11.3 Å². The highest BCUT2D eigenvalue weighted by Gasteiger charge is 2.18. The van der Waals surface area contributed by atoms with E-state index in [1.54, 1.807) is 11.3 Å². The molecule has 2 heterocycles. The second-order valence-corrected chi connectivity index (χ2v) is 4.71. The smallest absolute Gasteiger partial charge is 0.0842 e. The van der Waals surface area contributed by atoms with E-state index in [4.69, 9.17) is 0 Å². The van der Waals surface area contributed by atoms with Crippen LogP contribution in [0.4, 0.5) is 0 Å². The molecular weight excluding hydrogens is 218 g/mol. The summed E-state index contributed by atoms with van der Waals surface area (Å²) in [5, 5.41) is 9.84. The van der Waals surface area contributed by atoms with E-state index in [9.17, 15) is 0 Å². The highest BCUT2D eigenvalue weighted by atomic mass is 32.1. The molecule has 2 aromatic heterocycles. The van der Waals surface area contributed by atoms with Crippen molar-refractivity contribution in [2.24, 2.45) is 0 Å². The fourth-order valence-electron chi connectivity index (χ4n) is 1.95. The van der Waals surface area contributed by atoms with Crippen LogP contribution < -0.4 is 5.32 Å². The minimum absolute atomic E-state index is 0.252. The average Bonchev–Trinajstić information content (AvgIpc) is 2.90. The van der Waals surface area contributed by atoms with E-state index in [0.717, 1.165) is 6.54 Å². The van der Waals surface area contributed by atoms with Gasteiger partial charge in [-0.1, -0.05) is 0 Å². The second kappa shape index (κ2) is 4.80. The lowest BCUT2D eigenvalue weighted by molar-refractivity contribution is 0.566. The van der Waals surface area contributed by atoms with Gasteiger partial charge in [-0.2, -0.15) is 5.10 Å². The number of nitrogens with zero attached hydrogens (tertiary/aromatic N) is 2. The lowest BCUT2D eigenvalue weighted by Gasteiger charge is -2.17. The fourth-order valence-corrected chi connectivity index (χ4v) is 2.99. The van der Waals surface area contributed by atoms with Gasteiger partial charge in [0, 0.05) is 17.6 Å². The maximum atomic E-state index is 4.32. The fraction of sp³-hybridized carbons (Fsp3) is 0.417.